The Morgan fingerprint density at radius 1 is 0.411 bits per heavy atom. The number of aromatic nitrogens is 6. The molecule has 0 saturated carbocycles. The van der Waals surface area contributed by atoms with Crippen LogP contribution >= 0.6 is 0 Å². The van der Waals surface area contributed by atoms with Gasteiger partial charge in [0.1, 0.15) is 22.3 Å². The van der Waals surface area contributed by atoms with Gasteiger partial charge in [0, 0.05) is 38.5 Å². The molecular weight excluding hydrogens is 693 g/mol. The van der Waals surface area contributed by atoms with E-state index in [0.29, 0.717) is 17.5 Å². The fourth-order valence-corrected chi connectivity index (χ4v) is 8.02. The highest BCUT2D eigenvalue weighted by Gasteiger charge is 2.23. The van der Waals surface area contributed by atoms with Crippen molar-refractivity contribution in [3.63, 3.8) is 0 Å². The predicted octanol–water partition coefficient (Wildman–Crippen LogP) is 11.9. The zero-order valence-electron chi connectivity index (χ0n) is 29.7. The number of imidazole rings is 2. The van der Waals surface area contributed by atoms with Crippen LogP contribution in [0.4, 0.5) is 0 Å². The first-order valence-electron chi connectivity index (χ1n) is 18.5. The number of fused-ring (bicyclic) bond motifs is 10. The van der Waals surface area contributed by atoms with Crippen LogP contribution in [0.5, 0.6) is 0 Å². The lowest BCUT2D eigenvalue weighted by atomic mass is 10.00. The molecule has 5 aromatic heterocycles. The van der Waals surface area contributed by atoms with E-state index >= 15 is 0 Å². The third-order valence-corrected chi connectivity index (χ3v) is 10.6. The van der Waals surface area contributed by atoms with Crippen LogP contribution in [-0.2, 0) is 0 Å². The summed E-state index contributed by atoms with van der Waals surface area (Å²) in [6.45, 7) is 0. The van der Waals surface area contributed by atoms with Gasteiger partial charge in [0.2, 0.25) is 11.5 Å². The normalized spacial score (nSPS) is 11.9. The fourth-order valence-electron chi connectivity index (χ4n) is 8.02. The third-order valence-electron chi connectivity index (χ3n) is 10.6. The van der Waals surface area contributed by atoms with Gasteiger partial charge in [-0.3, -0.25) is 4.57 Å². The number of rotatable bonds is 5. The molecule has 0 saturated heterocycles. The second-order valence-electron chi connectivity index (χ2n) is 13.9. The highest BCUT2D eigenvalue weighted by molar-refractivity contribution is 6.13. The van der Waals surface area contributed by atoms with E-state index in [1.54, 1.807) is 0 Å². The van der Waals surface area contributed by atoms with Crippen molar-refractivity contribution in [3.05, 3.63) is 170 Å². The molecule has 0 radical (unpaired) electrons. The van der Waals surface area contributed by atoms with Crippen LogP contribution in [0.15, 0.2) is 179 Å². The Labute approximate surface area is 318 Å². The largest absolute Gasteiger partial charge is 0.456 e. The molecule has 0 aliphatic heterocycles. The van der Waals surface area contributed by atoms with E-state index in [0.717, 1.165) is 94.5 Å². The van der Waals surface area contributed by atoms with E-state index in [4.69, 9.17) is 28.8 Å². The summed E-state index contributed by atoms with van der Waals surface area (Å²) in [5.41, 5.74) is 11.8. The summed E-state index contributed by atoms with van der Waals surface area (Å²) in [4.78, 5) is 20.2. The van der Waals surface area contributed by atoms with Crippen molar-refractivity contribution >= 4 is 60.9 Å². The summed E-state index contributed by atoms with van der Waals surface area (Å²) in [5.74, 6) is 2.60. The number of benzene rings is 7. The first kappa shape index (κ1) is 30.6. The van der Waals surface area contributed by atoms with Gasteiger partial charge < -0.3 is 8.83 Å². The molecule has 0 atom stereocenters. The van der Waals surface area contributed by atoms with Crippen LogP contribution in [0.2, 0.25) is 0 Å². The highest BCUT2D eigenvalue weighted by atomic mass is 16.3. The van der Waals surface area contributed by atoms with Crippen LogP contribution < -0.4 is 0 Å². The molecule has 12 rings (SSSR count). The Kier molecular flexibility index (Phi) is 6.47. The summed E-state index contributed by atoms with van der Waals surface area (Å²) in [7, 11) is 0. The molecule has 0 unspecified atom stereocenters. The summed E-state index contributed by atoms with van der Waals surface area (Å²) in [6.07, 6.45) is 0. The van der Waals surface area contributed by atoms with Crippen LogP contribution in [0.3, 0.4) is 0 Å². The van der Waals surface area contributed by atoms with Crippen molar-refractivity contribution in [2.45, 2.75) is 0 Å². The molecule has 262 valence electrons. The molecule has 8 nitrogen and oxygen atoms in total. The predicted molar refractivity (Wildman–Crippen MR) is 222 cm³/mol. The van der Waals surface area contributed by atoms with Gasteiger partial charge in [-0.15, -0.1) is 0 Å². The van der Waals surface area contributed by atoms with E-state index in [2.05, 4.69) is 81.8 Å². The van der Waals surface area contributed by atoms with Crippen molar-refractivity contribution in [2.24, 2.45) is 0 Å². The molecule has 0 bridgehead atoms. The van der Waals surface area contributed by atoms with Gasteiger partial charge in [0.15, 0.2) is 17.5 Å². The van der Waals surface area contributed by atoms with E-state index in [1.807, 2.05) is 97.1 Å². The molecule has 5 heterocycles. The van der Waals surface area contributed by atoms with Crippen molar-refractivity contribution < 1.29 is 8.83 Å². The maximum Gasteiger partial charge on any atom is 0.234 e. The van der Waals surface area contributed by atoms with Gasteiger partial charge in [-0.1, -0.05) is 115 Å². The first-order valence-corrected chi connectivity index (χ1v) is 18.5. The molecule has 0 spiro atoms. The quantitative estimate of drug-likeness (QED) is 0.176. The summed E-state index contributed by atoms with van der Waals surface area (Å²) in [5, 5.41) is 2.93. The Bertz CT molecular complexity index is 3410. The lowest BCUT2D eigenvalue weighted by molar-refractivity contribution is 0.651. The van der Waals surface area contributed by atoms with Crippen LogP contribution in [0.1, 0.15) is 0 Å². The molecule has 0 aliphatic carbocycles. The van der Waals surface area contributed by atoms with Crippen molar-refractivity contribution in [3.8, 4) is 51.0 Å². The molecule has 0 N–H and O–H groups in total. The summed E-state index contributed by atoms with van der Waals surface area (Å²) >= 11 is 0. The minimum absolute atomic E-state index is 0.582. The molecular formula is C48H28N6O2. The number of hydrogen-bond donors (Lipinski definition) is 0. The zero-order chi connectivity index (χ0) is 36.7. The maximum absolute atomic E-state index is 6.48. The smallest absolute Gasteiger partial charge is 0.234 e. The van der Waals surface area contributed by atoms with Crippen molar-refractivity contribution in [1.29, 1.82) is 0 Å². The molecule has 0 amide bonds. The van der Waals surface area contributed by atoms with Gasteiger partial charge in [0.05, 0.1) is 11.0 Å². The van der Waals surface area contributed by atoms with Crippen molar-refractivity contribution in [1.82, 2.24) is 28.9 Å². The maximum atomic E-state index is 6.48. The molecule has 56 heavy (non-hydrogen) atoms. The minimum atomic E-state index is 0.582. The van der Waals surface area contributed by atoms with Crippen LogP contribution in [0.25, 0.3) is 112 Å². The lowest BCUT2D eigenvalue weighted by Gasteiger charge is -2.09. The number of hydrogen-bond acceptors (Lipinski definition) is 6. The molecule has 8 heteroatoms. The Hall–Kier alpha value is -7.84. The van der Waals surface area contributed by atoms with Crippen LogP contribution in [-0.4, -0.2) is 28.9 Å². The molecule has 0 aliphatic rings. The fraction of sp³-hybridized carbons (Fsp3) is 0. The molecule has 0 fully saturated rings. The van der Waals surface area contributed by atoms with Crippen molar-refractivity contribution in [2.75, 3.05) is 0 Å². The summed E-state index contributed by atoms with van der Waals surface area (Å²) in [6, 6.07) is 57.5. The lowest BCUT2D eigenvalue weighted by Crippen LogP contribution is -2.00. The van der Waals surface area contributed by atoms with Crippen LogP contribution in [0, 0.1) is 0 Å². The third kappa shape index (κ3) is 4.59. The second kappa shape index (κ2) is 11.8. The van der Waals surface area contributed by atoms with E-state index in [1.165, 1.54) is 0 Å². The summed E-state index contributed by atoms with van der Waals surface area (Å²) < 4.78 is 17.3. The topological polar surface area (TPSA) is 87.2 Å². The number of furan rings is 2. The van der Waals surface area contributed by atoms with Gasteiger partial charge >= 0.3 is 0 Å². The Balaban J connectivity index is 1.06. The SMILES string of the molecule is c1ccc(-c2nc(-c3ccccc3)nc(-c3cccc4oc5ccc(-c6ccc7c(c6)n(-c6ccccc6)c6nc8c9ccccc9oc8n76)cc5c34)n2)cc1. The first-order chi connectivity index (χ1) is 27.7. The monoisotopic (exact) mass is 720 g/mol. The Morgan fingerprint density at radius 2 is 1.04 bits per heavy atom. The van der Waals surface area contributed by atoms with E-state index in [9.17, 15) is 0 Å². The second-order valence-corrected chi connectivity index (χ2v) is 13.9. The number of nitrogens with zero attached hydrogens (tertiary/aromatic N) is 6. The van der Waals surface area contributed by atoms with E-state index < -0.39 is 0 Å². The average molecular weight is 721 g/mol. The molecule has 12 aromatic rings. The Morgan fingerprint density at radius 3 is 1.80 bits per heavy atom. The van der Waals surface area contributed by atoms with Gasteiger partial charge in [-0.2, -0.15) is 0 Å². The van der Waals surface area contributed by atoms with Gasteiger partial charge in [-0.25, -0.2) is 24.3 Å². The van der Waals surface area contributed by atoms with E-state index in [-0.39, 0.29) is 0 Å². The van der Waals surface area contributed by atoms with Gasteiger partial charge in [-0.05, 0) is 65.7 Å². The molecule has 7 aromatic carbocycles. The van der Waals surface area contributed by atoms with Gasteiger partial charge in [0.25, 0.3) is 0 Å². The average Bonchev–Trinajstić information content (AvgIpc) is 4.01. The number of para-hydroxylation sites is 2. The highest BCUT2D eigenvalue weighted by Crippen LogP contribution is 2.40. The minimum Gasteiger partial charge on any atom is -0.456 e. The standard InChI is InChI=1S/C48H28N6O2/c1-4-13-29(14-5-1)44-50-45(30-15-6-2-7-16-30)52-46(51-44)35-20-12-22-41-42(35)36-27-31(24-26-40(36)55-41)32-23-25-37-38(28-32)53(33-17-8-3-9-18-33)48-49-43-34-19-10-11-21-39(34)56-47(43)54(37)48/h1-28H. The zero-order valence-corrected chi connectivity index (χ0v) is 29.7.